The highest BCUT2D eigenvalue weighted by Crippen LogP contribution is 2.37. The Morgan fingerprint density at radius 1 is 1.08 bits per heavy atom. The van der Waals surface area contributed by atoms with Crippen LogP contribution >= 0.6 is 0 Å². The number of phenols is 1. The third-order valence-corrected chi connectivity index (χ3v) is 3.81. The Hall–Kier alpha value is -2.20. The van der Waals surface area contributed by atoms with Gasteiger partial charge in [-0.2, -0.15) is 0 Å². The summed E-state index contributed by atoms with van der Waals surface area (Å²) >= 11 is 0. The van der Waals surface area contributed by atoms with E-state index in [1.807, 2.05) is 0 Å². The van der Waals surface area contributed by atoms with E-state index in [0.717, 1.165) is 18.4 Å². The minimum atomic E-state index is -0.566. The second-order valence-corrected chi connectivity index (χ2v) is 6.31. The Morgan fingerprint density at radius 2 is 1.68 bits per heavy atom. The minimum Gasteiger partial charge on any atom is -0.502 e. The number of phenolic OH excluding ortho intramolecular Hbond substituents is 1. The molecule has 25 heavy (non-hydrogen) atoms. The number of hydrogen-bond donors (Lipinski definition) is 2. The molecule has 0 aliphatic rings. The number of rotatable bonds is 9. The molecule has 0 radical (unpaired) electrons. The zero-order valence-corrected chi connectivity index (χ0v) is 15.9. The van der Waals surface area contributed by atoms with E-state index in [2.05, 4.69) is 32.9 Å². The molecule has 1 aromatic carbocycles. The lowest BCUT2D eigenvalue weighted by molar-refractivity contribution is 0.227. The highest BCUT2D eigenvalue weighted by Gasteiger charge is 2.10. The molecule has 0 heterocycles. The fourth-order valence-electron chi connectivity index (χ4n) is 2.32. The third-order valence-electron chi connectivity index (χ3n) is 3.81. The zero-order valence-electron chi connectivity index (χ0n) is 15.9. The summed E-state index contributed by atoms with van der Waals surface area (Å²) in [4.78, 5) is 0. The molecule has 1 rings (SSSR count). The summed E-state index contributed by atoms with van der Waals surface area (Å²) in [5.41, 5.74) is 3.39. The summed E-state index contributed by atoms with van der Waals surface area (Å²) in [6.07, 6.45) is 9.86. The summed E-state index contributed by atoms with van der Waals surface area (Å²) in [6.45, 7) is 6.28. The highest BCUT2D eigenvalue weighted by molar-refractivity contribution is 5.61. The topological polar surface area (TPSA) is 58.9 Å². The van der Waals surface area contributed by atoms with Gasteiger partial charge in [0.15, 0.2) is 11.5 Å². The predicted octanol–water partition coefficient (Wildman–Crippen LogP) is 4.87. The number of methoxy groups -OCH3 is 2. The van der Waals surface area contributed by atoms with Crippen LogP contribution in [0.25, 0.3) is 6.08 Å². The zero-order chi connectivity index (χ0) is 18.8. The molecule has 4 heteroatoms. The summed E-state index contributed by atoms with van der Waals surface area (Å²) in [5, 5.41) is 20.0. The van der Waals surface area contributed by atoms with Gasteiger partial charge < -0.3 is 19.7 Å². The van der Waals surface area contributed by atoms with E-state index in [1.165, 1.54) is 25.4 Å². The van der Waals surface area contributed by atoms with Crippen LogP contribution in [0, 0.1) is 0 Å². The van der Waals surface area contributed by atoms with Crippen molar-refractivity contribution in [3.8, 4) is 17.2 Å². The predicted molar refractivity (Wildman–Crippen MR) is 103 cm³/mol. The van der Waals surface area contributed by atoms with Gasteiger partial charge in [0.05, 0.1) is 20.3 Å². The molecule has 0 aliphatic carbocycles. The maximum atomic E-state index is 10.1. The van der Waals surface area contributed by atoms with Crippen molar-refractivity contribution in [3.63, 3.8) is 0 Å². The number of aliphatic hydroxyl groups is 1. The number of hydrogen-bond acceptors (Lipinski definition) is 4. The van der Waals surface area contributed by atoms with E-state index in [-0.39, 0.29) is 5.75 Å². The van der Waals surface area contributed by atoms with Gasteiger partial charge in [-0.25, -0.2) is 0 Å². The Morgan fingerprint density at radius 3 is 2.20 bits per heavy atom. The Kier molecular flexibility index (Phi) is 8.86. The van der Waals surface area contributed by atoms with Crippen LogP contribution in [0.4, 0.5) is 0 Å². The van der Waals surface area contributed by atoms with Gasteiger partial charge in [-0.1, -0.05) is 35.5 Å². The van der Waals surface area contributed by atoms with Gasteiger partial charge in [-0.3, -0.25) is 0 Å². The van der Waals surface area contributed by atoms with Crippen LogP contribution in [-0.2, 0) is 0 Å². The lowest BCUT2D eigenvalue weighted by Crippen LogP contribution is -2.00. The standard InChI is InChI=1S/C21H30O4/c1-15(2)7-6-8-16(3)9-11-18(22)12-10-17-13-19(24-4)21(23)20(14-17)25-5/h7,9-10,12-14,18,22-23H,6,8,11H2,1-5H3/b12-10+,16-9+. The molecular formula is C21H30O4. The molecule has 0 aliphatic heterocycles. The molecule has 0 aromatic heterocycles. The van der Waals surface area contributed by atoms with E-state index < -0.39 is 6.10 Å². The monoisotopic (exact) mass is 346 g/mol. The van der Waals surface area contributed by atoms with Crippen molar-refractivity contribution in [2.45, 2.75) is 46.1 Å². The van der Waals surface area contributed by atoms with Crippen molar-refractivity contribution < 1.29 is 19.7 Å². The van der Waals surface area contributed by atoms with E-state index in [1.54, 1.807) is 24.3 Å². The van der Waals surface area contributed by atoms with Crippen molar-refractivity contribution in [1.82, 2.24) is 0 Å². The molecule has 1 aromatic rings. The van der Waals surface area contributed by atoms with Gasteiger partial charge in [-0.15, -0.1) is 0 Å². The SMILES string of the molecule is COc1cc(/C=C/C(O)C/C=C(\C)CCC=C(C)C)cc(OC)c1O. The fourth-order valence-corrected chi connectivity index (χ4v) is 2.32. The largest absolute Gasteiger partial charge is 0.502 e. The van der Waals surface area contributed by atoms with Gasteiger partial charge in [0.25, 0.3) is 0 Å². The molecule has 0 amide bonds. The Bertz CT molecular complexity index is 612. The van der Waals surface area contributed by atoms with Crippen molar-refractivity contribution in [2.75, 3.05) is 14.2 Å². The van der Waals surface area contributed by atoms with Crippen LogP contribution in [0.3, 0.4) is 0 Å². The van der Waals surface area contributed by atoms with E-state index >= 15 is 0 Å². The summed E-state index contributed by atoms with van der Waals surface area (Å²) in [6, 6.07) is 3.39. The number of aromatic hydroxyl groups is 1. The first-order valence-corrected chi connectivity index (χ1v) is 8.47. The number of ether oxygens (including phenoxy) is 2. The van der Waals surface area contributed by atoms with E-state index in [0.29, 0.717) is 17.9 Å². The first kappa shape index (κ1) is 20.8. The van der Waals surface area contributed by atoms with Crippen LogP contribution in [0.5, 0.6) is 17.2 Å². The molecule has 2 N–H and O–H groups in total. The van der Waals surface area contributed by atoms with Gasteiger partial charge >= 0.3 is 0 Å². The number of aliphatic hydroxyl groups excluding tert-OH is 1. The quantitative estimate of drug-likeness (QED) is 0.627. The normalized spacial score (nSPS) is 13.0. The second-order valence-electron chi connectivity index (χ2n) is 6.31. The average molecular weight is 346 g/mol. The molecule has 1 atom stereocenters. The van der Waals surface area contributed by atoms with Crippen LogP contribution in [-0.4, -0.2) is 30.5 Å². The molecule has 0 fully saturated rings. The minimum absolute atomic E-state index is 0.0300. The Balaban J connectivity index is 2.67. The second kappa shape index (κ2) is 10.6. The van der Waals surface area contributed by atoms with Crippen molar-refractivity contribution in [1.29, 1.82) is 0 Å². The lowest BCUT2D eigenvalue weighted by Gasteiger charge is -2.10. The lowest BCUT2D eigenvalue weighted by atomic mass is 10.1. The molecule has 4 nitrogen and oxygen atoms in total. The summed E-state index contributed by atoms with van der Waals surface area (Å²) in [5.74, 6) is 0.643. The van der Waals surface area contributed by atoms with Gasteiger partial charge in [0.2, 0.25) is 5.75 Å². The van der Waals surface area contributed by atoms with Gasteiger partial charge in [0.1, 0.15) is 0 Å². The molecule has 138 valence electrons. The first-order valence-electron chi connectivity index (χ1n) is 8.47. The Labute approximate surface area is 151 Å². The van der Waals surface area contributed by atoms with Crippen LogP contribution in [0.2, 0.25) is 0 Å². The van der Waals surface area contributed by atoms with Crippen LogP contribution in [0.1, 0.15) is 45.6 Å². The van der Waals surface area contributed by atoms with Crippen molar-refractivity contribution in [2.24, 2.45) is 0 Å². The van der Waals surface area contributed by atoms with E-state index in [9.17, 15) is 10.2 Å². The molecule has 0 saturated carbocycles. The summed E-state index contributed by atoms with van der Waals surface area (Å²) < 4.78 is 10.3. The molecule has 0 saturated heterocycles. The fraction of sp³-hybridized carbons (Fsp3) is 0.429. The maximum absolute atomic E-state index is 10.1. The number of allylic oxidation sites excluding steroid dienone is 3. The molecule has 1 unspecified atom stereocenters. The van der Waals surface area contributed by atoms with Crippen LogP contribution < -0.4 is 9.47 Å². The summed E-state index contributed by atoms with van der Waals surface area (Å²) in [7, 11) is 2.97. The molecule has 0 bridgehead atoms. The average Bonchev–Trinajstić information content (AvgIpc) is 2.58. The van der Waals surface area contributed by atoms with Gasteiger partial charge in [-0.05, 0) is 57.7 Å². The molecule has 0 spiro atoms. The highest BCUT2D eigenvalue weighted by atomic mass is 16.5. The molecular weight excluding hydrogens is 316 g/mol. The van der Waals surface area contributed by atoms with Gasteiger partial charge in [0, 0.05) is 0 Å². The third kappa shape index (κ3) is 7.48. The maximum Gasteiger partial charge on any atom is 0.200 e. The smallest absolute Gasteiger partial charge is 0.200 e. The number of benzene rings is 1. The van der Waals surface area contributed by atoms with E-state index in [4.69, 9.17) is 9.47 Å². The van der Waals surface area contributed by atoms with Crippen molar-refractivity contribution in [3.05, 3.63) is 47.1 Å². The van der Waals surface area contributed by atoms with Crippen LogP contribution in [0.15, 0.2) is 41.5 Å². The first-order chi connectivity index (χ1) is 11.9. The van der Waals surface area contributed by atoms with Crippen molar-refractivity contribution >= 4 is 6.08 Å².